The van der Waals surface area contributed by atoms with E-state index in [9.17, 15) is 9.35 Å². The van der Waals surface area contributed by atoms with Crippen LogP contribution in [0.15, 0.2) is 75.0 Å². The van der Waals surface area contributed by atoms with E-state index in [1.54, 1.807) is 18.4 Å². The van der Waals surface area contributed by atoms with E-state index in [-0.39, 0.29) is 17.8 Å². The van der Waals surface area contributed by atoms with Crippen molar-refractivity contribution in [2.75, 3.05) is 12.8 Å². The van der Waals surface area contributed by atoms with Gasteiger partial charge in [0, 0.05) is 19.2 Å². The van der Waals surface area contributed by atoms with Crippen LogP contribution >= 0.6 is 0 Å². The molecule has 0 bridgehead atoms. The van der Waals surface area contributed by atoms with Gasteiger partial charge >= 0.3 is 0 Å². The molecule has 1 aliphatic rings. The van der Waals surface area contributed by atoms with Gasteiger partial charge in [-0.1, -0.05) is 36.4 Å². The molecule has 0 N–H and O–H groups in total. The first-order valence-electron chi connectivity index (χ1n) is 9.54. The van der Waals surface area contributed by atoms with Crippen molar-refractivity contribution in [1.82, 2.24) is 4.90 Å². The Bertz CT molecular complexity index is 1030. The Balaban J connectivity index is 1.36. The van der Waals surface area contributed by atoms with Gasteiger partial charge in [0.1, 0.15) is 24.9 Å². The fourth-order valence-electron chi connectivity index (χ4n) is 3.47. The molecule has 3 aromatic rings. The van der Waals surface area contributed by atoms with Crippen molar-refractivity contribution in [3.63, 3.8) is 0 Å². The maximum Gasteiger partial charge on any atom is 0.227 e. The van der Waals surface area contributed by atoms with E-state index in [1.165, 1.54) is 23.5 Å². The summed E-state index contributed by atoms with van der Waals surface area (Å²) in [6.07, 6.45) is 4.04. The first-order chi connectivity index (χ1) is 14.1. The third kappa shape index (κ3) is 4.90. The summed E-state index contributed by atoms with van der Waals surface area (Å²) in [5.41, 5.74) is 3.44. The van der Waals surface area contributed by atoms with Gasteiger partial charge in [-0.25, -0.2) is 0 Å². The fourth-order valence-corrected chi connectivity index (χ4v) is 3.99. The van der Waals surface area contributed by atoms with Crippen LogP contribution in [-0.2, 0) is 37.3 Å². The number of benzene rings is 2. The van der Waals surface area contributed by atoms with Crippen molar-refractivity contribution in [2.24, 2.45) is 0 Å². The van der Waals surface area contributed by atoms with Crippen LogP contribution in [-0.4, -0.2) is 22.3 Å². The highest BCUT2D eigenvalue weighted by molar-refractivity contribution is 7.90. The lowest BCUT2D eigenvalue weighted by molar-refractivity contribution is 0.220. The third-order valence-electron chi connectivity index (χ3n) is 5.09. The van der Waals surface area contributed by atoms with Crippen molar-refractivity contribution in [3.05, 3.63) is 93.5 Å². The summed E-state index contributed by atoms with van der Waals surface area (Å²) in [6.45, 7) is 2.65. The maximum absolute atomic E-state index is 12.4. The number of hydrogen-bond acceptors (Lipinski definition) is 5. The Morgan fingerprint density at radius 1 is 1.14 bits per heavy atom. The Kier molecular flexibility index (Phi) is 6.04. The van der Waals surface area contributed by atoms with Crippen LogP contribution in [0.1, 0.15) is 22.5 Å². The summed E-state index contributed by atoms with van der Waals surface area (Å²) in [5.74, 6) is 0.831. The van der Waals surface area contributed by atoms with Crippen molar-refractivity contribution < 1.29 is 13.7 Å². The zero-order valence-electron chi connectivity index (χ0n) is 16.3. The Morgan fingerprint density at radius 3 is 2.62 bits per heavy atom. The van der Waals surface area contributed by atoms with Gasteiger partial charge < -0.3 is 13.7 Å². The van der Waals surface area contributed by atoms with E-state index < -0.39 is 11.2 Å². The average molecular weight is 410 g/mol. The molecule has 0 spiro atoms. The lowest BCUT2D eigenvalue weighted by atomic mass is 10.00. The molecule has 29 heavy (non-hydrogen) atoms. The van der Waals surface area contributed by atoms with Crippen molar-refractivity contribution >= 4 is 11.2 Å². The van der Waals surface area contributed by atoms with Crippen LogP contribution in [0.5, 0.6) is 5.75 Å². The molecule has 150 valence electrons. The zero-order valence-corrected chi connectivity index (χ0v) is 17.1. The predicted octanol–water partition coefficient (Wildman–Crippen LogP) is 3.51. The first-order valence-corrected chi connectivity index (χ1v) is 11.1. The molecular formula is C23H23NO4S. The Hall–Kier alpha value is -2.54. The van der Waals surface area contributed by atoms with Gasteiger partial charge in [0.05, 0.1) is 6.54 Å². The summed E-state index contributed by atoms with van der Waals surface area (Å²) >= 11 is -1.01. The van der Waals surface area contributed by atoms with E-state index in [0.29, 0.717) is 12.3 Å². The van der Waals surface area contributed by atoms with Crippen LogP contribution < -0.4 is 10.2 Å². The number of nitrogens with zero attached hydrogens (tertiary/aromatic N) is 1. The molecule has 1 unspecified atom stereocenters. The smallest absolute Gasteiger partial charge is 0.227 e. The van der Waals surface area contributed by atoms with Crippen molar-refractivity contribution in [2.45, 2.75) is 31.0 Å². The highest BCUT2D eigenvalue weighted by Gasteiger charge is 2.17. The normalized spacial score (nSPS) is 15.0. The van der Waals surface area contributed by atoms with Gasteiger partial charge in [0.25, 0.3) is 0 Å². The number of hydrogen-bond donors (Lipinski definition) is 0. The summed E-state index contributed by atoms with van der Waals surface area (Å²) in [5, 5.41) is 0. The topological polar surface area (TPSA) is 65.7 Å². The van der Waals surface area contributed by atoms with Crippen LogP contribution in [0.4, 0.5) is 0 Å². The molecule has 0 radical (unpaired) electrons. The summed E-state index contributed by atoms with van der Waals surface area (Å²) in [6, 6.07) is 17.3. The summed E-state index contributed by atoms with van der Waals surface area (Å²) in [4.78, 5) is 15.4. The van der Waals surface area contributed by atoms with Crippen molar-refractivity contribution in [3.8, 4) is 5.75 Å². The van der Waals surface area contributed by atoms with Crippen LogP contribution in [0.25, 0.3) is 0 Å². The molecule has 1 atom stereocenters. The molecule has 5 nitrogen and oxygen atoms in total. The van der Waals surface area contributed by atoms with Crippen LogP contribution in [0.3, 0.4) is 0 Å². The van der Waals surface area contributed by atoms with Crippen LogP contribution in [0.2, 0.25) is 0 Å². The largest absolute Gasteiger partial charge is 0.612 e. The monoisotopic (exact) mass is 409 g/mol. The number of rotatable bonds is 6. The average Bonchev–Trinajstić information content (AvgIpc) is 2.73. The lowest BCUT2D eigenvalue weighted by Crippen LogP contribution is -2.30. The predicted molar refractivity (Wildman–Crippen MR) is 112 cm³/mol. The van der Waals surface area contributed by atoms with Gasteiger partial charge in [-0.3, -0.25) is 9.69 Å². The molecular weight excluding hydrogens is 386 g/mol. The summed E-state index contributed by atoms with van der Waals surface area (Å²) in [7, 11) is 0. The zero-order chi connectivity index (χ0) is 20.2. The Labute approximate surface area is 173 Å². The Morgan fingerprint density at radius 2 is 1.90 bits per heavy atom. The van der Waals surface area contributed by atoms with Crippen LogP contribution in [0, 0.1) is 0 Å². The highest BCUT2D eigenvalue weighted by atomic mass is 32.2. The van der Waals surface area contributed by atoms with Gasteiger partial charge in [-0.05, 0) is 46.4 Å². The highest BCUT2D eigenvalue weighted by Crippen LogP contribution is 2.20. The molecule has 0 aliphatic carbocycles. The quantitative estimate of drug-likeness (QED) is 0.583. The van der Waals surface area contributed by atoms with E-state index in [0.717, 1.165) is 30.0 Å². The fraction of sp³-hybridized carbons (Fsp3) is 0.261. The van der Waals surface area contributed by atoms with Gasteiger partial charge in [-0.15, -0.1) is 0 Å². The number of fused-ring (bicyclic) bond motifs is 1. The molecule has 1 aliphatic heterocycles. The third-order valence-corrected chi connectivity index (χ3v) is 6.03. The van der Waals surface area contributed by atoms with E-state index >= 15 is 0 Å². The second-order valence-corrected chi connectivity index (χ2v) is 8.57. The van der Waals surface area contributed by atoms with E-state index in [4.69, 9.17) is 9.15 Å². The molecule has 1 aromatic heterocycles. The van der Waals surface area contributed by atoms with Gasteiger partial charge in [-0.2, -0.15) is 0 Å². The minimum absolute atomic E-state index is 0.185. The number of ether oxygens (including phenoxy) is 1. The second-order valence-electron chi connectivity index (χ2n) is 7.19. The first kappa shape index (κ1) is 19.8. The molecule has 0 fully saturated rings. The SMILES string of the molecule is C[S+]([O-])c1ccc(COc2coc(CN3CCc4ccccc4C3)cc2=O)cc1. The molecule has 2 heterocycles. The minimum atomic E-state index is -1.01. The molecule has 0 saturated heterocycles. The second kappa shape index (κ2) is 8.86. The van der Waals surface area contributed by atoms with Gasteiger partial charge in [0.15, 0.2) is 4.90 Å². The van der Waals surface area contributed by atoms with E-state index in [2.05, 4.69) is 29.2 Å². The van der Waals surface area contributed by atoms with E-state index in [1.807, 2.05) is 12.1 Å². The minimum Gasteiger partial charge on any atom is -0.612 e. The summed E-state index contributed by atoms with van der Waals surface area (Å²) < 4.78 is 22.7. The lowest BCUT2D eigenvalue weighted by Gasteiger charge is -2.28. The molecule has 0 amide bonds. The molecule has 6 heteroatoms. The molecule has 2 aromatic carbocycles. The standard InChI is InChI=1S/C23H23NO4S/c1-29(26)21-8-6-17(7-9-21)15-28-23-16-27-20(12-22(23)25)14-24-11-10-18-4-2-3-5-19(18)13-24/h2-9,12,16H,10-11,13-15H2,1H3. The molecule has 4 rings (SSSR count). The van der Waals surface area contributed by atoms with Gasteiger partial charge in [0.2, 0.25) is 11.2 Å². The maximum atomic E-state index is 12.4. The molecule has 0 saturated carbocycles. The van der Waals surface area contributed by atoms with Crippen molar-refractivity contribution in [1.29, 1.82) is 0 Å².